The maximum atomic E-state index is 12.8. The zero-order valence-electron chi connectivity index (χ0n) is 25.9. The molecule has 1 fully saturated rings. The minimum Gasteiger partial charge on any atom is -0.300 e. The molecule has 0 aliphatic carbocycles. The molecular formula is C37H49OP. The van der Waals surface area contributed by atoms with Crippen LogP contribution >= 0.6 is 7.92 Å². The first kappa shape index (κ1) is 29.7. The number of hydrogen-bond donors (Lipinski definition) is 0. The minimum absolute atomic E-state index is 0.374. The molecule has 1 aliphatic heterocycles. The molecule has 0 saturated carbocycles. The Labute approximate surface area is 239 Å². The van der Waals surface area contributed by atoms with Crippen LogP contribution in [0.5, 0.6) is 0 Å². The average Bonchev–Trinajstić information content (AvgIpc) is 2.87. The molecule has 1 saturated heterocycles. The lowest BCUT2D eigenvalue weighted by molar-refractivity contribution is -0.119. The van der Waals surface area contributed by atoms with Crippen LogP contribution in [0.3, 0.4) is 0 Å². The molecular weight excluding hydrogens is 491 g/mol. The van der Waals surface area contributed by atoms with Crippen LogP contribution in [-0.2, 0) is 4.79 Å². The van der Waals surface area contributed by atoms with Crippen LogP contribution in [0.2, 0.25) is 0 Å². The van der Waals surface area contributed by atoms with E-state index in [-0.39, 0.29) is 0 Å². The highest BCUT2D eigenvalue weighted by atomic mass is 31.1. The van der Waals surface area contributed by atoms with Gasteiger partial charge in [-0.25, -0.2) is 0 Å². The van der Waals surface area contributed by atoms with Gasteiger partial charge in [-0.2, -0.15) is 0 Å². The van der Waals surface area contributed by atoms with Gasteiger partial charge in [-0.3, -0.25) is 4.79 Å². The first-order valence-corrected chi connectivity index (χ1v) is 16.6. The second-order valence-corrected chi connectivity index (χ2v) is 16.0. The summed E-state index contributed by atoms with van der Waals surface area (Å²) in [6.45, 7) is 23.3. The van der Waals surface area contributed by atoms with E-state index in [1.165, 1.54) is 49.8 Å². The normalized spacial score (nSPS) is 20.1. The fraction of sp³-hybridized carbons (Fsp3) is 0.486. The van der Waals surface area contributed by atoms with Crippen LogP contribution in [-0.4, -0.2) is 17.1 Å². The molecule has 2 heteroatoms. The molecule has 3 aromatic carbocycles. The quantitative estimate of drug-likeness (QED) is 0.272. The summed E-state index contributed by atoms with van der Waals surface area (Å²) < 4.78 is 0. The van der Waals surface area contributed by atoms with Crippen molar-refractivity contribution >= 4 is 19.0 Å². The number of rotatable bonds is 7. The van der Waals surface area contributed by atoms with Crippen molar-refractivity contribution in [2.24, 2.45) is 0 Å². The van der Waals surface area contributed by atoms with Gasteiger partial charge in [0.15, 0.2) is 0 Å². The summed E-state index contributed by atoms with van der Waals surface area (Å²) in [5.41, 5.74) is 12.2. The summed E-state index contributed by atoms with van der Waals surface area (Å²) in [6, 6.07) is 21.0. The van der Waals surface area contributed by atoms with E-state index >= 15 is 0 Å². The van der Waals surface area contributed by atoms with E-state index in [0.29, 0.717) is 53.6 Å². The Balaban J connectivity index is 2.19. The molecule has 0 spiro atoms. The molecule has 0 aromatic heterocycles. The molecule has 3 aromatic rings. The van der Waals surface area contributed by atoms with Gasteiger partial charge in [-0.1, -0.05) is 132 Å². The molecule has 0 radical (unpaired) electrons. The number of Topliss-reactive ketones (excluding diaryl/α,β-unsaturated/α-hetero) is 1. The number of ketones is 1. The van der Waals surface area contributed by atoms with Crippen molar-refractivity contribution in [3.8, 4) is 22.3 Å². The van der Waals surface area contributed by atoms with Crippen molar-refractivity contribution in [3.05, 3.63) is 76.9 Å². The fourth-order valence-electron chi connectivity index (χ4n) is 6.76. The van der Waals surface area contributed by atoms with Crippen LogP contribution in [0, 0.1) is 0 Å². The zero-order valence-corrected chi connectivity index (χ0v) is 26.8. The number of carbonyl (C=O) groups excluding carboxylic acids is 1. The Hall–Kier alpha value is -2.24. The summed E-state index contributed by atoms with van der Waals surface area (Å²) in [5, 5.41) is 1.53. The highest BCUT2D eigenvalue weighted by molar-refractivity contribution is 7.67. The number of hydrogen-bond acceptors (Lipinski definition) is 1. The Kier molecular flexibility index (Phi) is 9.22. The molecule has 0 bridgehead atoms. The van der Waals surface area contributed by atoms with Gasteiger partial charge in [0.1, 0.15) is 5.78 Å². The Morgan fingerprint density at radius 3 is 1.18 bits per heavy atom. The van der Waals surface area contributed by atoms with Gasteiger partial charge in [0.25, 0.3) is 0 Å². The van der Waals surface area contributed by atoms with E-state index < -0.39 is 7.92 Å². The largest absolute Gasteiger partial charge is 0.300 e. The maximum Gasteiger partial charge on any atom is 0.134 e. The van der Waals surface area contributed by atoms with Gasteiger partial charge < -0.3 is 0 Å². The van der Waals surface area contributed by atoms with E-state index in [1.807, 2.05) is 0 Å². The SMILES string of the molecule is CC(C)c1cccc(C(C)C)c1-c1cccc(-c2c(C(C)C)cccc2C(C)C)c1P1C(C)CC(=O)CC1C. The van der Waals surface area contributed by atoms with Gasteiger partial charge >= 0.3 is 0 Å². The second kappa shape index (κ2) is 12.1. The predicted octanol–water partition coefficient (Wildman–Crippen LogP) is 10.8. The second-order valence-electron chi connectivity index (χ2n) is 13.0. The van der Waals surface area contributed by atoms with Gasteiger partial charge in [0, 0.05) is 12.8 Å². The third-order valence-electron chi connectivity index (χ3n) is 8.57. The van der Waals surface area contributed by atoms with E-state index in [0.717, 1.165) is 0 Å². The summed E-state index contributed by atoms with van der Waals surface area (Å²) in [5.74, 6) is 2.16. The zero-order chi connectivity index (χ0) is 28.6. The molecule has 208 valence electrons. The average molecular weight is 541 g/mol. The van der Waals surface area contributed by atoms with Crippen molar-refractivity contribution in [2.45, 2.75) is 117 Å². The van der Waals surface area contributed by atoms with Crippen LogP contribution in [0.1, 0.15) is 128 Å². The maximum absolute atomic E-state index is 12.8. The van der Waals surface area contributed by atoms with Gasteiger partial charge in [0.05, 0.1) is 0 Å². The predicted molar refractivity (Wildman–Crippen MR) is 173 cm³/mol. The van der Waals surface area contributed by atoms with Gasteiger partial charge in [-0.05, 0) is 84.8 Å². The van der Waals surface area contributed by atoms with Crippen molar-refractivity contribution in [1.82, 2.24) is 0 Å². The summed E-state index contributed by atoms with van der Waals surface area (Å²) in [7, 11) is -0.552. The highest BCUT2D eigenvalue weighted by Crippen LogP contribution is 2.56. The Morgan fingerprint density at radius 1 is 0.564 bits per heavy atom. The lowest BCUT2D eigenvalue weighted by Crippen LogP contribution is -2.31. The van der Waals surface area contributed by atoms with Crippen molar-refractivity contribution < 1.29 is 4.79 Å². The third kappa shape index (κ3) is 5.81. The van der Waals surface area contributed by atoms with Crippen LogP contribution in [0.15, 0.2) is 54.6 Å². The molecule has 1 aliphatic rings. The smallest absolute Gasteiger partial charge is 0.134 e. The molecule has 1 nitrogen and oxygen atoms in total. The molecule has 4 rings (SSSR count). The van der Waals surface area contributed by atoms with Crippen LogP contribution in [0.25, 0.3) is 22.3 Å². The molecule has 39 heavy (non-hydrogen) atoms. The van der Waals surface area contributed by atoms with E-state index in [4.69, 9.17) is 0 Å². The van der Waals surface area contributed by atoms with E-state index in [9.17, 15) is 4.79 Å². The van der Waals surface area contributed by atoms with Crippen molar-refractivity contribution in [3.63, 3.8) is 0 Å². The van der Waals surface area contributed by atoms with Crippen LogP contribution in [0.4, 0.5) is 0 Å². The van der Waals surface area contributed by atoms with Crippen LogP contribution < -0.4 is 5.30 Å². The van der Waals surface area contributed by atoms with E-state index in [1.54, 1.807) is 0 Å². The number of carbonyl (C=O) groups is 1. The van der Waals surface area contributed by atoms with Gasteiger partial charge in [-0.15, -0.1) is 0 Å². The Morgan fingerprint density at radius 2 is 0.872 bits per heavy atom. The summed E-state index contributed by atoms with van der Waals surface area (Å²) >= 11 is 0. The first-order valence-electron chi connectivity index (χ1n) is 15.1. The highest BCUT2D eigenvalue weighted by Gasteiger charge is 2.37. The fourth-order valence-corrected chi connectivity index (χ4v) is 10.2. The van der Waals surface area contributed by atoms with Crippen molar-refractivity contribution in [2.75, 3.05) is 0 Å². The first-order chi connectivity index (χ1) is 18.4. The molecule has 0 amide bonds. The van der Waals surface area contributed by atoms with E-state index in [2.05, 4.69) is 124 Å². The molecule has 2 unspecified atom stereocenters. The lowest BCUT2D eigenvalue weighted by Gasteiger charge is -2.38. The Bertz CT molecular complexity index is 1180. The minimum atomic E-state index is -0.552. The molecule has 1 heterocycles. The third-order valence-corrected chi connectivity index (χ3v) is 11.8. The monoisotopic (exact) mass is 540 g/mol. The van der Waals surface area contributed by atoms with Gasteiger partial charge in [0.2, 0.25) is 0 Å². The molecule has 2 atom stereocenters. The summed E-state index contributed by atoms with van der Waals surface area (Å²) in [6.07, 6.45) is 1.41. The lowest BCUT2D eigenvalue weighted by atomic mass is 9.82. The van der Waals surface area contributed by atoms with Crippen molar-refractivity contribution in [1.29, 1.82) is 0 Å². The number of benzene rings is 3. The molecule has 0 N–H and O–H groups in total. The topological polar surface area (TPSA) is 17.1 Å². The summed E-state index contributed by atoms with van der Waals surface area (Å²) in [4.78, 5) is 12.8. The standard InChI is InChI=1S/C37H49OP/c1-22(2)29-14-11-15-30(23(3)4)35(29)33-18-13-19-34(37(33)39-26(9)20-28(38)21-27(39)10)36-31(24(5)6)16-12-17-32(36)25(7)8/h11-19,22-27H,20-21H2,1-10H3.